The summed E-state index contributed by atoms with van der Waals surface area (Å²) in [5, 5.41) is 0. The SMILES string of the molecule is CCN(C)CCCN(CCCN(C)CC)CC[SiH2]OC(C)C. The molecule has 0 heterocycles. The first-order valence-electron chi connectivity index (χ1n) is 9.20. The van der Waals surface area contributed by atoms with Crippen molar-refractivity contribution in [3.05, 3.63) is 0 Å². The maximum absolute atomic E-state index is 5.81. The number of hydrogen-bond acceptors (Lipinski definition) is 4. The summed E-state index contributed by atoms with van der Waals surface area (Å²) < 4.78 is 5.81. The Kier molecular flexibility index (Phi) is 14.7. The van der Waals surface area contributed by atoms with Crippen molar-refractivity contribution in [2.24, 2.45) is 0 Å². The second kappa shape index (κ2) is 14.6. The van der Waals surface area contributed by atoms with E-state index in [4.69, 9.17) is 4.43 Å². The van der Waals surface area contributed by atoms with Crippen LogP contribution in [0.4, 0.5) is 0 Å². The fourth-order valence-electron chi connectivity index (χ4n) is 2.39. The normalized spacial score (nSPS) is 12.8. The monoisotopic (exact) mass is 331 g/mol. The highest BCUT2D eigenvalue weighted by Gasteiger charge is 2.07. The Morgan fingerprint density at radius 1 is 0.818 bits per heavy atom. The Morgan fingerprint density at radius 2 is 1.32 bits per heavy atom. The van der Waals surface area contributed by atoms with Crippen LogP contribution in [0.25, 0.3) is 0 Å². The molecule has 0 radical (unpaired) electrons. The summed E-state index contributed by atoms with van der Waals surface area (Å²) in [7, 11) is 4.10. The van der Waals surface area contributed by atoms with E-state index in [1.807, 2.05) is 0 Å². The minimum Gasteiger partial charge on any atom is -0.422 e. The first-order chi connectivity index (χ1) is 10.5. The van der Waals surface area contributed by atoms with Gasteiger partial charge in [0.05, 0.1) is 0 Å². The van der Waals surface area contributed by atoms with Gasteiger partial charge in [-0.05, 0) is 92.6 Å². The first kappa shape index (κ1) is 22.1. The molecule has 0 unspecified atom stereocenters. The molecular weight excluding hydrogens is 290 g/mol. The largest absolute Gasteiger partial charge is 0.422 e. The quantitative estimate of drug-likeness (QED) is 0.337. The lowest BCUT2D eigenvalue weighted by Crippen LogP contribution is -2.32. The average molecular weight is 332 g/mol. The standard InChI is InChI=1S/C17H41N3OSi/c1-7-18(5)11-9-13-20(14-10-12-19(6)8-2)15-16-22-21-17(3)4/h17H,7-16,22H2,1-6H3. The van der Waals surface area contributed by atoms with Gasteiger partial charge >= 0.3 is 0 Å². The van der Waals surface area contributed by atoms with E-state index >= 15 is 0 Å². The van der Waals surface area contributed by atoms with Crippen LogP contribution in [-0.4, -0.2) is 90.5 Å². The molecule has 0 aliphatic heterocycles. The van der Waals surface area contributed by atoms with Crippen molar-refractivity contribution in [3.8, 4) is 0 Å². The van der Waals surface area contributed by atoms with Crippen LogP contribution >= 0.6 is 0 Å². The van der Waals surface area contributed by atoms with Crippen molar-refractivity contribution in [3.63, 3.8) is 0 Å². The van der Waals surface area contributed by atoms with Crippen molar-refractivity contribution >= 4 is 9.76 Å². The first-order valence-corrected chi connectivity index (χ1v) is 10.8. The zero-order chi connectivity index (χ0) is 16.8. The molecule has 5 heteroatoms. The summed E-state index contributed by atoms with van der Waals surface area (Å²) in [6.45, 7) is 17.2. The molecular formula is C17H41N3OSi. The van der Waals surface area contributed by atoms with Crippen molar-refractivity contribution in [1.29, 1.82) is 0 Å². The number of hydrogen-bond donors (Lipinski definition) is 0. The minimum absolute atomic E-state index is 0.328. The molecule has 22 heavy (non-hydrogen) atoms. The van der Waals surface area contributed by atoms with Crippen molar-refractivity contribution in [1.82, 2.24) is 14.7 Å². The lowest BCUT2D eigenvalue weighted by molar-refractivity contribution is 0.229. The zero-order valence-corrected chi connectivity index (χ0v) is 17.5. The van der Waals surface area contributed by atoms with Gasteiger partial charge < -0.3 is 19.1 Å². The topological polar surface area (TPSA) is 19.0 Å². The highest BCUT2D eigenvalue weighted by molar-refractivity contribution is 6.27. The van der Waals surface area contributed by atoms with Crippen LogP contribution < -0.4 is 0 Å². The molecule has 0 fully saturated rings. The predicted octanol–water partition coefficient (Wildman–Crippen LogP) is 1.90. The van der Waals surface area contributed by atoms with Gasteiger partial charge in [-0.1, -0.05) is 13.8 Å². The Labute approximate surface area is 142 Å². The van der Waals surface area contributed by atoms with Gasteiger partial charge in [-0.15, -0.1) is 0 Å². The molecule has 4 nitrogen and oxygen atoms in total. The summed E-state index contributed by atoms with van der Waals surface area (Å²) in [4.78, 5) is 7.46. The molecule has 0 spiro atoms. The van der Waals surface area contributed by atoms with E-state index in [-0.39, 0.29) is 9.76 Å². The van der Waals surface area contributed by atoms with E-state index in [1.54, 1.807) is 0 Å². The molecule has 0 N–H and O–H groups in total. The van der Waals surface area contributed by atoms with E-state index in [0.29, 0.717) is 6.10 Å². The lowest BCUT2D eigenvalue weighted by atomic mass is 10.3. The maximum atomic E-state index is 5.81. The summed E-state index contributed by atoms with van der Waals surface area (Å²) in [5.41, 5.74) is 0. The molecule has 0 rings (SSSR count). The molecule has 0 saturated carbocycles. The molecule has 0 aromatic carbocycles. The van der Waals surface area contributed by atoms with Gasteiger partial charge in [0.1, 0.15) is 0 Å². The Balaban J connectivity index is 3.96. The van der Waals surface area contributed by atoms with Crippen LogP contribution in [0.2, 0.25) is 6.04 Å². The van der Waals surface area contributed by atoms with E-state index in [2.05, 4.69) is 56.5 Å². The highest BCUT2D eigenvalue weighted by Crippen LogP contribution is 2.00. The minimum atomic E-state index is -0.328. The molecule has 0 atom stereocenters. The van der Waals surface area contributed by atoms with Gasteiger partial charge in [0.15, 0.2) is 9.76 Å². The lowest BCUT2D eigenvalue weighted by Gasteiger charge is -2.25. The molecule has 0 aliphatic carbocycles. The molecule has 0 aromatic rings. The Hall–Kier alpha value is 0.0569. The third-order valence-corrected chi connectivity index (χ3v) is 5.69. The van der Waals surface area contributed by atoms with Crippen molar-refractivity contribution in [2.45, 2.75) is 52.7 Å². The molecule has 0 aliphatic rings. The second-order valence-corrected chi connectivity index (χ2v) is 8.06. The Morgan fingerprint density at radius 3 is 1.73 bits per heavy atom. The van der Waals surface area contributed by atoms with Gasteiger partial charge in [0.2, 0.25) is 0 Å². The van der Waals surface area contributed by atoms with Crippen LogP contribution in [0.3, 0.4) is 0 Å². The second-order valence-electron chi connectivity index (χ2n) is 6.61. The van der Waals surface area contributed by atoms with Crippen LogP contribution in [0.1, 0.15) is 40.5 Å². The summed E-state index contributed by atoms with van der Waals surface area (Å²) in [6, 6.07) is 1.28. The fraction of sp³-hybridized carbons (Fsp3) is 1.00. The van der Waals surface area contributed by atoms with E-state index in [1.165, 1.54) is 51.6 Å². The van der Waals surface area contributed by atoms with E-state index < -0.39 is 0 Å². The molecule has 0 bridgehead atoms. The van der Waals surface area contributed by atoms with E-state index in [0.717, 1.165) is 13.1 Å². The third-order valence-electron chi connectivity index (χ3n) is 4.18. The van der Waals surface area contributed by atoms with Crippen LogP contribution in [0.5, 0.6) is 0 Å². The molecule has 0 aromatic heterocycles. The zero-order valence-electron chi connectivity index (χ0n) is 16.1. The van der Waals surface area contributed by atoms with Crippen LogP contribution in [-0.2, 0) is 4.43 Å². The highest BCUT2D eigenvalue weighted by atomic mass is 28.2. The predicted molar refractivity (Wildman–Crippen MR) is 102 cm³/mol. The number of rotatable bonds is 15. The van der Waals surface area contributed by atoms with Gasteiger partial charge in [-0.25, -0.2) is 0 Å². The Bertz CT molecular complexity index is 226. The maximum Gasteiger partial charge on any atom is 0.163 e. The van der Waals surface area contributed by atoms with Crippen molar-refractivity contribution in [2.75, 3.05) is 59.9 Å². The third kappa shape index (κ3) is 13.7. The van der Waals surface area contributed by atoms with Crippen molar-refractivity contribution < 1.29 is 4.43 Å². The van der Waals surface area contributed by atoms with Gasteiger partial charge in [-0.2, -0.15) is 0 Å². The fourth-order valence-corrected chi connectivity index (χ4v) is 3.60. The average Bonchev–Trinajstić information content (AvgIpc) is 2.50. The van der Waals surface area contributed by atoms with Crippen LogP contribution in [0.15, 0.2) is 0 Å². The van der Waals surface area contributed by atoms with Gasteiger partial charge in [-0.3, -0.25) is 0 Å². The smallest absolute Gasteiger partial charge is 0.163 e. The summed E-state index contributed by atoms with van der Waals surface area (Å²) in [6.07, 6.45) is 2.97. The molecule has 134 valence electrons. The summed E-state index contributed by atoms with van der Waals surface area (Å²) >= 11 is 0. The summed E-state index contributed by atoms with van der Waals surface area (Å²) in [5.74, 6) is 0. The molecule has 0 amide bonds. The number of nitrogens with zero attached hydrogens (tertiary/aromatic N) is 3. The molecule has 0 saturated heterocycles. The van der Waals surface area contributed by atoms with Gasteiger partial charge in [0, 0.05) is 6.10 Å². The van der Waals surface area contributed by atoms with E-state index in [9.17, 15) is 0 Å². The van der Waals surface area contributed by atoms with Crippen LogP contribution in [0, 0.1) is 0 Å². The van der Waals surface area contributed by atoms with Gasteiger partial charge in [0.25, 0.3) is 0 Å².